The van der Waals surface area contributed by atoms with Gasteiger partial charge in [-0.1, -0.05) is 66.2 Å². The van der Waals surface area contributed by atoms with Crippen LogP contribution in [0.15, 0.2) is 83.8 Å². The number of hydrogen-bond donors (Lipinski definition) is 0. The Kier molecular flexibility index (Phi) is 5.35. The number of carbonyl (C=O) groups is 2. The maximum Gasteiger partial charge on any atom is 0.266 e. The third kappa shape index (κ3) is 3.02. The maximum absolute atomic E-state index is 14.6. The Morgan fingerprint density at radius 3 is 2.26 bits per heavy atom. The van der Waals surface area contributed by atoms with Crippen LogP contribution in [0.3, 0.4) is 0 Å². The smallest absolute Gasteiger partial charge is 0.266 e. The van der Waals surface area contributed by atoms with Crippen LogP contribution in [-0.4, -0.2) is 53.0 Å². The molecule has 3 aromatic rings. The van der Waals surface area contributed by atoms with Crippen molar-refractivity contribution in [3.05, 3.63) is 95.6 Å². The Bertz CT molecular complexity index is 1650. The van der Waals surface area contributed by atoms with E-state index < -0.39 is 31.3 Å². The summed E-state index contributed by atoms with van der Waals surface area (Å²) in [6, 6.07) is 23.8. The first-order valence-corrected chi connectivity index (χ1v) is 17.4. The third-order valence-corrected chi connectivity index (χ3v) is 15.5. The van der Waals surface area contributed by atoms with E-state index in [0.717, 1.165) is 16.7 Å². The van der Waals surface area contributed by atoms with Gasteiger partial charge in [-0.25, -0.2) is 12.7 Å². The average molecular weight is 596 g/mol. The van der Waals surface area contributed by atoms with Crippen molar-refractivity contribution >= 4 is 58.9 Å². The largest absolute Gasteiger partial charge is 0.319 e. The molecule has 2 bridgehead atoms. The summed E-state index contributed by atoms with van der Waals surface area (Å²) in [7, 11) is 1.70. The van der Waals surface area contributed by atoms with Crippen LogP contribution in [0, 0.1) is 6.92 Å². The van der Waals surface area contributed by atoms with E-state index in [4.69, 9.17) is 0 Å². The number of amides is 2. The number of nitrogens with zero attached hydrogens (tertiary/aromatic N) is 3. The van der Waals surface area contributed by atoms with Crippen molar-refractivity contribution in [1.29, 1.82) is 0 Å². The topological polar surface area (TPSA) is 78.0 Å². The van der Waals surface area contributed by atoms with Gasteiger partial charge >= 0.3 is 0 Å². The molecule has 5 heterocycles. The number of piperazine rings is 1. The van der Waals surface area contributed by atoms with Gasteiger partial charge in [0.1, 0.15) is 6.17 Å². The van der Waals surface area contributed by atoms with Crippen molar-refractivity contribution in [1.82, 2.24) is 9.80 Å². The summed E-state index contributed by atoms with van der Waals surface area (Å²) in [5, 5.41) is 0. The van der Waals surface area contributed by atoms with Gasteiger partial charge in [0.2, 0.25) is 0 Å². The zero-order valence-corrected chi connectivity index (χ0v) is 24.7. The summed E-state index contributed by atoms with van der Waals surface area (Å²) < 4.78 is 30.5. The molecule has 0 saturated carbocycles. The highest BCUT2D eigenvalue weighted by Gasteiger charge is 2.77. The van der Waals surface area contributed by atoms with E-state index in [1.54, 1.807) is 54.1 Å². The van der Waals surface area contributed by atoms with Gasteiger partial charge in [0, 0.05) is 13.5 Å². The van der Waals surface area contributed by atoms with Crippen molar-refractivity contribution in [2.24, 2.45) is 0 Å². The number of carbonyl (C=O) groups excluding carboxylic acids is 2. The molecule has 0 aromatic heterocycles. The van der Waals surface area contributed by atoms with E-state index in [9.17, 15) is 18.0 Å². The fourth-order valence-electron chi connectivity index (χ4n) is 6.52. The van der Waals surface area contributed by atoms with Crippen LogP contribution in [0.2, 0.25) is 0 Å². The molecule has 1 spiro atoms. The summed E-state index contributed by atoms with van der Waals surface area (Å²) in [6.45, 7) is 3.76. The van der Waals surface area contributed by atoms with E-state index in [1.165, 1.54) is 35.7 Å². The lowest BCUT2D eigenvalue weighted by Gasteiger charge is -2.50. The number of sulfonamides is 1. The lowest BCUT2D eigenvalue weighted by atomic mass is 9.72. The van der Waals surface area contributed by atoms with Gasteiger partial charge < -0.3 is 4.90 Å². The maximum atomic E-state index is 14.6. The molecule has 7 nitrogen and oxygen atoms in total. The number of para-hydroxylation sites is 1. The van der Waals surface area contributed by atoms with Crippen LogP contribution in [0.5, 0.6) is 0 Å². The molecule has 200 valence electrons. The fourth-order valence-corrected chi connectivity index (χ4v) is 14.1. The molecule has 0 unspecified atom stereocenters. The van der Waals surface area contributed by atoms with E-state index in [1.807, 2.05) is 55.5 Å². The minimum Gasteiger partial charge on any atom is -0.319 e. The van der Waals surface area contributed by atoms with Gasteiger partial charge in [0.15, 0.2) is 9.74 Å². The summed E-state index contributed by atoms with van der Waals surface area (Å²) in [5.41, 5.74) is 2.33. The molecule has 11 heteroatoms. The van der Waals surface area contributed by atoms with Gasteiger partial charge in [-0.05, 0) is 74.6 Å². The average Bonchev–Trinajstić information content (AvgIpc) is 3.32. The second kappa shape index (κ2) is 8.22. The first-order valence-electron chi connectivity index (χ1n) is 12.5. The molecular weight excluding hydrogens is 571 g/mol. The molecule has 2 amide bonds. The highest BCUT2D eigenvalue weighted by molar-refractivity contribution is 9.10. The molecular formula is C28H25N3O4S4. The predicted octanol–water partition coefficient (Wildman–Crippen LogP) is 4.98. The molecule has 0 radical (unpaired) electrons. The first kappa shape index (κ1) is 25.4. The Balaban J connectivity index is 1.58. The van der Waals surface area contributed by atoms with Crippen LogP contribution in [-0.2, 0) is 25.0 Å². The molecule has 4 atom stereocenters. The highest BCUT2D eigenvalue weighted by Crippen LogP contribution is 2.71. The van der Waals surface area contributed by atoms with Crippen molar-refractivity contribution in [3.8, 4) is 0 Å². The minimum absolute atomic E-state index is 0.138. The lowest BCUT2D eigenvalue weighted by Crippen LogP contribution is -2.72. The summed E-state index contributed by atoms with van der Waals surface area (Å²) in [4.78, 5) is 29.7. The number of likely N-dealkylation sites (N-methyl/N-ethyl adjacent to an activating group) is 1. The Morgan fingerprint density at radius 2 is 1.54 bits per heavy atom. The van der Waals surface area contributed by atoms with Crippen LogP contribution < -0.4 is 4.31 Å². The summed E-state index contributed by atoms with van der Waals surface area (Å²) in [5.74, 6) is -0.435. The number of anilines is 1. The molecule has 0 N–H and O–H groups in total. The molecule has 3 aromatic carbocycles. The highest BCUT2D eigenvalue weighted by atomic mass is 33.5. The van der Waals surface area contributed by atoms with Gasteiger partial charge in [-0.2, -0.15) is 0 Å². The Morgan fingerprint density at radius 1 is 0.872 bits per heavy atom. The third-order valence-electron chi connectivity index (χ3n) is 8.57. The molecule has 39 heavy (non-hydrogen) atoms. The van der Waals surface area contributed by atoms with Crippen molar-refractivity contribution in [2.75, 3.05) is 11.4 Å². The number of fused-ring (bicyclic) bond motifs is 6. The summed E-state index contributed by atoms with van der Waals surface area (Å²) >= 11 is 0. The van der Waals surface area contributed by atoms with Crippen LogP contribution in [0.1, 0.15) is 30.0 Å². The van der Waals surface area contributed by atoms with Crippen molar-refractivity contribution in [2.45, 2.75) is 46.5 Å². The molecule has 8 rings (SSSR count). The Hall–Kier alpha value is -2.60. The second-order valence-corrected chi connectivity index (χ2v) is 16.9. The monoisotopic (exact) mass is 595 g/mol. The van der Waals surface area contributed by atoms with E-state index in [0.29, 0.717) is 5.69 Å². The lowest BCUT2D eigenvalue weighted by molar-refractivity contribution is -0.162. The molecule has 0 aliphatic carbocycles. The molecule has 5 aliphatic heterocycles. The zero-order valence-electron chi connectivity index (χ0n) is 21.4. The van der Waals surface area contributed by atoms with Crippen LogP contribution in [0.25, 0.3) is 0 Å². The quantitative estimate of drug-likeness (QED) is 0.396. The van der Waals surface area contributed by atoms with Crippen molar-refractivity contribution < 1.29 is 18.0 Å². The van der Waals surface area contributed by atoms with E-state index in [-0.39, 0.29) is 23.1 Å². The van der Waals surface area contributed by atoms with Crippen LogP contribution in [0.4, 0.5) is 5.69 Å². The number of benzene rings is 3. The number of aryl methyl sites for hydroxylation is 1. The van der Waals surface area contributed by atoms with Gasteiger partial charge in [-0.3, -0.25) is 14.5 Å². The minimum atomic E-state index is -4.13. The molecule has 4 saturated heterocycles. The molecule has 5 aliphatic rings. The number of rotatable bonds is 3. The zero-order chi connectivity index (χ0) is 27.4. The van der Waals surface area contributed by atoms with Crippen LogP contribution >= 0.6 is 31.4 Å². The fraction of sp³-hybridized carbons (Fsp3) is 0.286. The van der Waals surface area contributed by atoms with Gasteiger partial charge in [0.25, 0.3) is 21.8 Å². The Labute approximate surface area is 239 Å². The first-order chi connectivity index (χ1) is 18.6. The standard InChI is InChI=1S/C28H25N3O4S4/c1-18-13-15-19(16-14-18)27-17-28-25(33)29(3)26(2,36-38-37-28)24(32)30(28)23(27)31(22-12-8-7-11-21(22)27)39(34,35)20-9-5-4-6-10-20/h4-16,23H,17H2,1-3H3/t23-,26-,27-,28-/m0/s1. The number of hydrogen-bond acceptors (Lipinski definition) is 7. The van der Waals surface area contributed by atoms with Gasteiger partial charge in [-0.15, -0.1) is 0 Å². The van der Waals surface area contributed by atoms with Gasteiger partial charge in [0.05, 0.1) is 16.0 Å². The predicted molar refractivity (Wildman–Crippen MR) is 156 cm³/mol. The van der Waals surface area contributed by atoms with E-state index >= 15 is 0 Å². The molecule has 4 fully saturated rings. The van der Waals surface area contributed by atoms with E-state index in [2.05, 4.69) is 0 Å². The SMILES string of the molecule is Cc1ccc([C@]23C[C@@]45SSS[C@@](C)(C(=O)N4[C@H]2N(S(=O)(=O)c2ccccc2)c2ccccc23)N(C)C5=O)cc1. The second-order valence-electron chi connectivity index (χ2n) is 10.6. The normalized spacial score (nSPS) is 31.3. The summed E-state index contributed by atoms with van der Waals surface area (Å²) in [6.07, 6.45) is -0.700. The van der Waals surface area contributed by atoms with Crippen molar-refractivity contribution in [3.63, 3.8) is 0 Å².